The van der Waals surface area contributed by atoms with Crippen molar-refractivity contribution in [3.63, 3.8) is 0 Å². The fraction of sp³-hybridized carbons (Fsp3) is 0.409. The molecule has 0 bridgehead atoms. The van der Waals surface area contributed by atoms with Gasteiger partial charge >= 0.3 is 0 Å². The van der Waals surface area contributed by atoms with E-state index in [4.69, 9.17) is 4.74 Å². The molecule has 4 rings (SSSR count). The van der Waals surface area contributed by atoms with Crippen LogP contribution in [0.4, 0.5) is 0 Å². The molecule has 3 heterocycles. The summed E-state index contributed by atoms with van der Waals surface area (Å²) in [5.74, 6) is 2.35. The van der Waals surface area contributed by atoms with Crippen LogP contribution in [0.5, 0.6) is 5.75 Å². The second-order valence-electron chi connectivity index (χ2n) is 7.64. The number of methoxy groups -OCH3 is 1. The van der Waals surface area contributed by atoms with Crippen molar-refractivity contribution in [2.75, 3.05) is 27.2 Å². The molecule has 0 spiro atoms. The first kappa shape index (κ1) is 23.1. The number of rotatable bonds is 5. The van der Waals surface area contributed by atoms with Crippen molar-refractivity contribution in [3.05, 3.63) is 60.9 Å². The molecular formula is C22H30IN7O. The maximum atomic E-state index is 5.22. The molecule has 0 saturated carbocycles. The Kier molecular flexibility index (Phi) is 7.94. The molecule has 1 fully saturated rings. The molecular weight excluding hydrogens is 505 g/mol. The van der Waals surface area contributed by atoms with Crippen LogP contribution in [0.1, 0.15) is 25.1 Å². The normalized spacial score (nSPS) is 19.1. The third-order valence-corrected chi connectivity index (χ3v) is 5.75. The fourth-order valence-corrected chi connectivity index (χ4v) is 3.93. The number of aliphatic imine (C=N–C) groups is 1. The molecule has 166 valence electrons. The van der Waals surface area contributed by atoms with Gasteiger partial charge in [0.25, 0.3) is 0 Å². The monoisotopic (exact) mass is 535 g/mol. The number of nitrogens with zero attached hydrogens (tertiary/aromatic N) is 6. The maximum absolute atomic E-state index is 5.22. The quantitative estimate of drug-likeness (QED) is 0.308. The first-order valence-electron chi connectivity index (χ1n) is 10.3. The van der Waals surface area contributed by atoms with E-state index in [1.54, 1.807) is 7.11 Å². The minimum Gasteiger partial charge on any atom is -0.497 e. The zero-order chi connectivity index (χ0) is 20.9. The van der Waals surface area contributed by atoms with E-state index in [1.807, 2.05) is 67.0 Å². The molecule has 9 heteroatoms. The number of ether oxygens (including phenoxy) is 1. The molecule has 1 aliphatic rings. The van der Waals surface area contributed by atoms with Crippen LogP contribution >= 0.6 is 24.0 Å². The van der Waals surface area contributed by atoms with Gasteiger partial charge in [0.2, 0.25) is 0 Å². The van der Waals surface area contributed by atoms with Gasteiger partial charge < -0.3 is 19.5 Å². The fourth-order valence-electron chi connectivity index (χ4n) is 3.93. The van der Waals surface area contributed by atoms with Gasteiger partial charge in [-0.25, -0.2) is 9.67 Å². The number of hydrogen-bond acceptors (Lipinski definition) is 4. The average molecular weight is 535 g/mol. The number of hydrogen-bond donors (Lipinski definition) is 1. The maximum Gasteiger partial charge on any atom is 0.194 e. The lowest BCUT2D eigenvalue weighted by molar-refractivity contribution is 0.189. The van der Waals surface area contributed by atoms with Gasteiger partial charge in [-0.15, -0.1) is 24.0 Å². The van der Waals surface area contributed by atoms with Crippen LogP contribution in [-0.2, 0) is 6.54 Å². The lowest BCUT2D eigenvalue weighted by atomic mass is 9.93. The first-order valence-corrected chi connectivity index (χ1v) is 10.3. The summed E-state index contributed by atoms with van der Waals surface area (Å²) in [5, 5.41) is 8.16. The average Bonchev–Trinajstić information content (AvgIpc) is 3.48. The number of benzene rings is 1. The van der Waals surface area contributed by atoms with Gasteiger partial charge in [-0.05, 0) is 42.7 Å². The Morgan fingerprint density at radius 2 is 2.03 bits per heavy atom. The summed E-state index contributed by atoms with van der Waals surface area (Å²) in [6.45, 7) is 4.84. The summed E-state index contributed by atoms with van der Waals surface area (Å²) in [5.41, 5.74) is 1.96. The number of guanidine groups is 1. The van der Waals surface area contributed by atoms with Gasteiger partial charge in [0, 0.05) is 38.7 Å². The van der Waals surface area contributed by atoms with Crippen LogP contribution in [0.2, 0.25) is 0 Å². The highest BCUT2D eigenvalue weighted by molar-refractivity contribution is 14.0. The molecule has 2 atom stereocenters. The van der Waals surface area contributed by atoms with Crippen LogP contribution in [0.15, 0.2) is 60.2 Å². The number of imidazole rings is 1. The highest BCUT2D eigenvalue weighted by atomic mass is 127. The van der Waals surface area contributed by atoms with Crippen molar-refractivity contribution in [3.8, 4) is 11.4 Å². The third-order valence-electron chi connectivity index (χ3n) is 5.75. The van der Waals surface area contributed by atoms with E-state index in [-0.39, 0.29) is 24.0 Å². The smallest absolute Gasteiger partial charge is 0.194 e. The van der Waals surface area contributed by atoms with Gasteiger partial charge in [0.15, 0.2) is 5.96 Å². The van der Waals surface area contributed by atoms with Crippen LogP contribution in [-0.4, -0.2) is 57.4 Å². The first-order chi connectivity index (χ1) is 14.7. The lowest BCUT2D eigenvalue weighted by Gasteiger charge is -2.39. The molecule has 0 amide bonds. The third kappa shape index (κ3) is 5.38. The zero-order valence-corrected chi connectivity index (χ0v) is 20.5. The van der Waals surface area contributed by atoms with Gasteiger partial charge in [-0.1, -0.05) is 6.92 Å². The highest BCUT2D eigenvalue weighted by Gasteiger charge is 2.28. The van der Waals surface area contributed by atoms with Crippen molar-refractivity contribution in [2.45, 2.75) is 25.9 Å². The van der Waals surface area contributed by atoms with Crippen molar-refractivity contribution >= 4 is 29.9 Å². The molecule has 2 aromatic heterocycles. The molecule has 3 aromatic rings. The van der Waals surface area contributed by atoms with Gasteiger partial charge in [0.05, 0.1) is 37.4 Å². The lowest BCUT2D eigenvalue weighted by Crippen LogP contribution is -2.48. The van der Waals surface area contributed by atoms with Gasteiger partial charge in [-0.2, -0.15) is 5.10 Å². The van der Waals surface area contributed by atoms with Crippen LogP contribution in [0.3, 0.4) is 0 Å². The van der Waals surface area contributed by atoms with E-state index in [0.29, 0.717) is 18.5 Å². The van der Waals surface area contributed by atoms with Crippen molar-refractivity contribution in [2.24, 2.45) is 10.9 Å². The predicted octanol–water partition coefficient (Wildman–Crippen LogP) is 3.35. The molecule has 1 aromatic carbocycles. The Morgan fingerprint density at radius 3 is 2.71 bits per heavy atom. The SMILES string of the molecule is CN=C(NCc1ccn(-c2ccc(OC)cc2)n1)N1CCC(C)C(n2ccnc2)C1.I. The van der Waals surface area contributed by atoms with Crippen molar-refractivity contribution in [1.82, 2.24) is 29.5 Å². The molecule has 0 aliphatic carbocycles. The van der Waals surface area contributed by atoms with E-state index in [0.717, 1.165) is 42.6 Å². The molecule has 1 saturated heterocycles. The minimum absolute atomic E-state index is 0. The number of piperidine rings is 1. The molecule has 1 aliphatic heterocycles. The molecule has 1 N–H and O–H groups in total. The number of halogens is 1. The Labute approximate surface area is 200 Å². The molecule has 8 nitrogen and oxygen atoms in total. The van der Waals surface area contributed by atoms with Crippen molar-refractivity contribution in [1.29, 1.82) is 0 Å². The van der Waals surface area contributed by atoms with E-state index in [1.165, 1.54) is 0 Å². The van der Waals surface area contributed by atoms with Crippen LogP contribution in [0, 0.1) is 5.92 Å². The van der Waals surface area contributed by atoms with E-state index in [2.05, 4.69) is 36.8 Å². The second kappa shape index (κ2) is 10.7. The predicted molar refractivity (Wildman–Crippen MR) is 132 cm³/mol. The number of aromatic nitrogens is 4. The number of likely N-dealkylation sites (tertiary alicyclic amines) is 1. The van der Waals surface area contributed by atoms with E-state index >= 15 is 0 Å². The Balaban J connectivity index is 0.00000272. The minimum atomic E-state index is 0. The Morgan fingerprint density at radius 1 is 1.23 bits per heavy atom. The summed E-state index contributed by atoms with van der Waals surface area (Å²) < 4.78 is 9.30. The largest absolute Gasteiger partial charge is 0.497 e. The van der Waals surface area contributed by atoms with Gasteiger partial charge in [0.1, 0.15) is 5.75 Å². The molecule has 0 radical (unpaired) electrons. The van der Waals surface area contributed by atoms with Crippen molar-refractivity contribution < 1.29 is 4.74 Å². The number of nitrogens with one attached hydrogen (secondary N) is 1. The highest BCUT2D eigenvalue weighted by Crippen LogP contribution is 2.27. The summed E-state index contributed by atoms with van der Waals surface area (Å²) >= 11 is 0. The summed E-state index contributed by atoms with van der Waals surface area (Å²) in [6.07, 6.45) is 8.89. The Bertz CT molecular complexity index is 968. The zero-order valence-electron chi connectivity index (χ0n) is 18.2. The van der Waals surface area contributed by atoms with E-state index in [9.17, 15) is 0 Å². The van der Waals surface area contributed by atoms with E-state index < -0.39 is 0 Å². The Hall–Kier alpha value is -2.56. The molecule has 31 heavy (non-hydrogen) atoms. The summed E-state index contributed by atoms with van der Waals surface area (Å²) in [7, 11) is 3.50. The second-order valence-corrected chi connectivity index (χ2v) is 7.64. The topological polar surface area (TPSA) is 72.5 Å². The van der Waals surface area contributed by atoms with Crippen LogP contribution < -0.4 is 10.1 Å². The van der Waals surface area contributed by atoms with Gasteiger partial charge in [-0.3, -0.25) is 4.99 Å². The summed E-state index contributed by atoms with van der Waals surface area (Å²) in [4.78, 5) is 11.1. The standard InChI is InChI=1S/C22H29N7O.HI/c1-17-8-11-27(15-21(17)28-13-10-24-16-28)22(23-2)25-14-18-9-12-29(26-18)19-4-6-20(30-3)7-5-19;/h4-7,9-10,12-13,16-17,21H,8,11,14-15H2,1-3H3,(H,23,25);1H. The summed E-state index contributed by atoms with van der Waals surface area (Å²) in [6, 6.07) is 10.3. The van der Waals surface area contributed by atoms with Crippen LogP contribution in [0.25, 0.3) is 5.69 Å². The molecule has 2 unspecified atom stereocenters.